The largest absolute Gasteiger partial charge is 0.370 e. The monoisotopic (exact) mass is 488 g/mol. The zero-order valence-electron chi connectivity index (χ0n) is 19.7. The first-order chi connectivity index (χ1) is 17.1. The molecule has 0 atom stereocenters. The van der Waals surface area contributed by atoms with E-state index in [0.29, 0.717) is 22.3 Å². The molecule has 0 aliphatic carbocycles. The van der Waals surface area contributed by atoms with Gasteiger partial charge in [-0.05, 0) is 55.6 Å². The van der Waals surface area contributed by atoms with E-state index in [1.165, 1.54) is 0 Å². The lowest BCUT2D eigenvalue weighted by Gasteiger charge is -2.35. The molecule has 7 nitrogen and oxygen atoms in total. The van der Waals surface area contributed by atoms with E-state index in [4.69, 9.17) is 11.6 Å². The van der Waals surface area contributed by atoms with E-state index < -0.39 is 0 Å². The first-order valence-electron chi connectivity index (χ1n) is 12.1. The van der Waals surface area contributed by atoms with Crippen molar-refractivity contribution in [2.45, 2.75) is 32.2 Å². The fourth-order valence-electron chi connectivity index (χ4n) is 4.57. The number of anilines is 2. The Hall–Kier alpha value is -3.42. The van der Waals surface area contributed by atoms with Crippen LogP contribution in [0.15, 0.2) is 67.1 Å². The van der Waals surface area contributed by atoms with Gasteiger partial charge in [0, 0.05) is 42.1 Å². The quantitative estimate of drug-likeness (QED) is 0.370. The van der Waals surface area contributed by atoms with Crippen molar-refractivity contribution in [2.75, 3.05) is 29.9 Å². The van der Waals surface area contributed by atoms with Crippen LogP contribution in [0.5, 0.6) is 0 Å². The van der Waals surface area contributed by atoms with Crippen LogP contribution in [0.25, 0.3) is 16.8 Å². The van der Waals surface area contributed by atoms with Crippen molar-refractivity contribution in [3.05, 3.63) is 77.7 Å². The normalized spacial score (nSPS) is 14.4. The topological polar surface area (TPSA) is 74.6 Å². The summed E-state index contributed by atoms with van der Waals surface area (Å²) in [5.74, 6) is -0.217. The van der Waals surface area contributed by atoms with Gasteiger partial charge in [-0.15, -0.1) is 0 Å². The van der Waals surface area contributed by atoms with E-state index >= 15 is 0 Å². The molecule has 0 spiro atoms. The van der Waals surface area contributed by atoms with E-state index in [2.05, 4.69) is 38.6 Å². The molecule has 1 aliphatic rings. The molecule has 0 saturated carbocycles. The van der Waals surface area contributed by atoms with Gasteiger partial charge in [0.1, 0.15) is 0 Å². The summed E-state index contributed by atoms with van der Waals surface area (Å²) in [7, 11) is 0. The Balaban J connectivity index is 1.32. The number of hydrogen-bond donors (Lipinski definition) is 2. The summed E-state index contributed by atoms with van der Waals surface area (Å²) in [4.78, 5) is 20.0. The predicted molar refractivity (Wildman–Crippen MR) is 141 cm³/mol. The third-order valence-corrected chi connectivity index (χ3v) is 6.66. The maximum Gasteiger partial charge on any atom is 0.258 e. The Kier molecular flexibility index (Phi) is 6.97. The molecule has 2 aromatic carbocycles. The Bertz CT molecular complexity index is 1330. The number of fused-ring (bicyclic) bond motifs is 1. The van der Waals surface area contributed by atoms with Gasteiger partial charge in [-0.3, -0.25) is 4.79 Å². The van der Waals surface area contributed by atoms with Crippen molar-refractivity contribution in [3.8, 4) is 11.1 Å². The van der Waals surface area contributed by atoms with Crippen molar-refractivity contribution < 1.29 is 4.79 Å². The van der Waals surface area contributed by atoms with Gasteiger partial charge in [0.05, 0.1) is 23.1 Å². The fourth-order valence-corrected chi connectivity index (χ4v) is 4.76. The van der Waals surface area contributed by atoms with Gasteiger partial charge in [-0.1, -0.05) is 42.8 Å². The molecule has 3 heterocycles. The lowest BCUT2D eigenvalue weighted by atomic mass is 10.0. The first-order valence-corrected chi connectivity index (χ1v) is 12.5. The van der Waals surface area contributed by atoms with E-state index in [1.807, 2.05) is 42.5 Å². The number of halogens is 1. The van der Waals surface area contributed by atoms with E-state index in [1.54, 1.807) is 23.1 Å². The van der Waals surface area contributed by atoms with Crippen molar-refractivity contribution in [3.63, 3.8) is 0 Å². The molecule has 1 fully saturated rings. The molecular formula is C27H29ClN6O. The minimum absolute atomic E-state index is 0.217. The van der Waals surface area contributed by atoms with Crippen molar-refractivity contribution >= 4 is 34.5 Å². The number of nitrogens with zero attached hydrogens (tertiary/aromatic N) is 4. The predicted octanol–water partition coefficient (Wildman–Crippen LogP) is 5.27. The molecule has 5 rings (SSSR count). The second-order valence-corrected chi connectivity index (χ2v) is 9.30. The van der Waals surface area contributed by atoms with Crippen LogP contribution in [0.1, 0.15) is 36.5 Å². The summed E-state index contributed by atoms with van der Waals surface area (Å²) in [6.07, 6.45) is 8.38. The second kappa shape index (κ2) is 10.5. The number of aromatic nitrogens is 3. The van der Waals surface area contributed by atoms with Crippen LogP contribution in [-0.4, -0.2) is 46.2 Å². The van der Waals surface area contributed by atoms with Gasteiger partial charge in [0.25, 0.3) is 5.91 Å². The number of para-hydroxylation sites is 2. The minimum Gasteiger partial charge on any atom is -0.370 e. The molecule has 1 saturated heterocycles. The summed E-state index contributed by atoms with van der Waals surface area (Å²) in [6, 6.07) is 16.1. The molecule has 0 unspecified atom stereocenters. The first kappa shape index (κ1) is 23.3. The Morgan fingerprint density at radius 2 is 1.94 bits per heavy atom. The van der Waals surface area contributed by atoms with Gasteiger partial charge < -0.3 is 15.5 Å². The van der Waals surface area contributed by atoms with E-state index in [-0.39, 0.29) is 5.91 Å². The highest BCUT2D eigenvalue weighted by Gasteiger charge is 2.21. The number of amides is 1. The molecule has 0 bridgehead atoms. The van der Waals surface area contributed by atoms with Crippen LogP contribution in [-0.2, 0) is 0 Å². The highest BCUT2D eigenvalue weighted by molar-refractivity contribution is 6.30. The Morgan fingerprint density at radius 3 is 2.74 bits per heavy atom. The number of rotatable bonds is 7. The molecule has 180 valence electrons. The van der Waals surface area contributed by atoms with Gasteiger partial charge in [-0.25, -0.2) is 9.50 Å². The molecule has 4 aromatic rings. The molecular weight excluding hydrogens is 460 g/mol. The Morgan fingerprint density at radius 1 is 1.11 bits per heavy atom. The average Bonchev–Trinajstić information content (AvgIpc) is 3.31. The van der Waals surface area contributed by atoms with Crippen molar-refractivity contribution in [1.82, 2.24) is 19.9 Å². The van der Waals surface area contributed by atoms with Crippen LogP contribution in [0.4, 0.5) is 11.4 Å². The molecule has 0 radical (unpaired) electrons. The molecule has 8 heteroatoms. The maximum absolute atomic E-state index is 13.1. The number of carbonyl (C=O) groups is 1. The number of nitrogens with one attached hydrogen (secondary N) is 2. The second-order valence-electron chi connectivity index (χ2n) is 8.87. The summed E-state index contributed by atoms with van der Waals surface area (Å²) in [5.41, 5.74) is 4.75. The third kappa shape index (κ3) is 5.16. The van der Waals surface area contributed by atoms with Crippen molar-refractivity contribution in [2.24, 2.45) is 0 Å². The van der Waals surface area contributed by atoms with Crippen LogP contribution >= 0.6 is 11.6 Å². The third-order valence-electron chi connectivity index (χ3n) is 6.43. The maximum atomic E-state index is 13.1. The molecule has 2 aromatic heterocycles. The lowest BCUT2D eigenvalue weighted by molar-refractivity contribution is 0.102. The molecule has 2 N–H and O–H groups in total. The van der Waals surface area contributed by atoms with Crippen molar-refractivity contribution in [1.29, 1.82) is 0 Å². The zero-order chi connectivity index (χ0) is 24.2. The number of benzene rings is 2. The summed E-state index contributed by atoms with van der Waals surface area (Å²) in [6.45, 7) is 5.17. The van der Waals surface area contributed by atoms with E-state index in [9.17, 15) is 4.79 Å². The fraction of sp³-hybridized carbons (Fsp3) is 0.296. The highest BCUT2D eigenvalue weighted by atomic mass is 35.5. The molecule has 1 aliphatic heterocycles. The van der Waals surface area contributed by atoms with Crippen LogP contribution in [0.2, 0.25) is 5.02 Å². The average molecular weight is 489 g/mol. The summed E-state index contributed by atoms with van der Waals surface area (Å²) >= 11 is 6.15. The van der Waals surface area contributed by atoms with Gasteiger partial charge >= 0.3 is 0 Å². The molecule has 35 heavy (non-hydrogen) atoms. The SMILES string of the molecule is CCCNC1CCN(c2ccccc2NC(=O)c2cnc3c(-c4cccc(Cl)c4)cnn3c2)CC1. The standard InChI is InChI=1S/C27H29ClN6O/c1-2-12-29-22-10-13-33(14-11-22)25-9-4-3-8-24(25)32-27(35)20-16-30-26-23(17-31-34(26)18-20)19-6-5-7-21(28)15-19/h3-9,15-18,22,29H,2,10-14H2,1H3,(H,32,35). The number of hydrogen-bond acceptors (Lipinski definition) is 5. The van der Waals surface area contributed by atoms with Crippen LogP contribution < -0.4 is 15.5 Å². The van der Waals surface area contributed by atoms with E-state index in [0.717, 1.165) is 61.4 Å². The van der Waals surface area contributed by atoms with Gasteiger partial charge in [-0.2, -0.15) is 5.10 Å². The van der Waals surface area contributed by atoms with Gasteiger partial charge in [0.15, 0.2) is 5.65 Å². The van der Waals surface area contributed by atoms with Gasteiger partial charge in [0.2, 0.25) is 0 Å². The minimum atomic E-state index is -0.217. The lowest BCUT2D eigenvalue weighted by Crippen LogP contribution is -2.43. The smallest absolute Gasteiger partial charge is 0.258 e. The summed E-state index contributed by atoms with van der Waals surface area (Å²) < 4.78 is 1.63. The summed E-state index contributed by atoms with van der Waals surface area (Å²) in [5, 5.41) is 11.8. The number of carbonyl (C=O) groups excluding carboxylic acids is 1. The number of piperidine rings is 1. The highest BCUT2D eigenvalue weighted by Crippen LogP contribution is 2.29. The Labute approximate surface area is 210 Å². The van der Waals surface area contributed by atoms with Crippen LogP contribution in [0, 0.1) is 0 Å². The van der Waals surface area contributed by atoms with Crippen LogP contribution in [0.3, 0.4) is 0 Å². The molecule has 1 amide bonds. The zero-order valence-corrected chi connectivity index (χ0v) is 20.5.